The fraction of sp³-hybridized carbons (Fsp3) is 0.125. The molecule has 0 unspecified atom stereocenters. The molecule has 0 aliphatic rings. The SMILES string of the molecule is C/C=C/c1cc2nccc(-c3cccc(NC(=O)c4cccc(N(C)C)c4)c3)n2n1. The van der Waals surface area contributed by atoms with Gasteiger partial charge < -0.3 is 10.2 Å². The van der Waals surface area contributed by atoms with Gasteiger partial charge >= 0.3 is 0 Å². The van der Waals surface area contributed by atoms with E-state index < -0.39 is 0 Å². The highest BCUT2D eigenvalue weighted by atomic mass is 16.1. The molecule has 2 aromatic carbocycles. The predicted octanol–water partition coefficient (Wildman–Crippen LogP) is 4.75. The number of carbonyl (C=O) groups excluding carboxylic acids is 1. The summed E-state index contributed by atoms with van der Waals surface area (Å²) in [6, 6.07) is 19.1. The molecule has 150 valence electrons. The molecular formula is C24H23N5O. The largest absolute Gasteiger partial charge is 0.378 e. The van der Waals surface area contributed by atoms with Crippen molar-refractivity contribution < 1.29 is 4.79 Å². The van der Waals surface area contributed by atoms with Gasteiger partial charge in [0, 0.05) is 48.9 Å². The minimum atomic E-state index is -0.148. The summed E-state index contributed by atoms with van der Waals surface area (Å²) in [4.78, 5) is 19.1. The molecule has 2 aromatic heterocycles. The molecule has 30 heavy (non-hydrogen) atoms. The van der Waals surface area contributed by atoms with Crippen LogP contribution in [0.1, 0.15) is 23.0 Å². The molecule has 1 N–H and O–H groups in total. The van der Waals surface area contributed by atoms with Gasteiger partial charge in [0.15, 0.2) is 5.65 Å². The van der Waals surface area contributed by atoms with E-state index in [1.165, 1.54) is 0 Å². The van der Waals surface area contributed by atoms with Crippen molar-refractivity contribution >= 4 is 29.0 Å². The number of nitrogens with one attached hydrogen (secondary N) is 1. The molecule has 2 heterocycles. The molecule has 0 spiro atoms. The minimum Gasteiger partial charge on any atom is -0.378 e. The maximum absolute atomic E-state index is 12.8. The predicted molar refractivity (Wildman–Crippen MR) is 122 cm³/mol. The van der Waals surface area contributed by atoms with Crippen LogP contribution in [0.15, 0.2) is 72.9 Å². The van der Waals surface area contributed by atoms with Crippen molar-refractivity contribution in [1.82, 2.24) is 14.6 Å². The topological polar surface area (TPSA) is 62.5 Å². The highest BCUT2D eigenvalue weighted by Crippen LogP contribution is 2.24. The summed E-state index contributed by atoms with van der Waals surface area (Å²) < 4.78 is 1.82. The average Bonchev–Trinajstić information content (AvgIpc) is 3.17. The zero-order chi connectivity index (χ0) is 21.1. The first kappa shape index (κ1) is 19.4. The molecule has 0 fully saturated rings. The number of benzene rings is 2. The third-order valence-electron chi connectivity index (χ3n) is 4.76. The fourth-order valence-electron chi connectivity index (χ4n) is 3.27. The molecule has 0 saturated carbocycles. The van der Waals surface area contributed by atoms with Gasteiger partial charge in [0.05, 0.1) is 11.4 Å². The van der Waals surface area contributed by atoms with E-state index in [1.54, 1.807) is 6.20 Å². The molecule has 0 atom stereocenters. The number of fused-ring (bicyclic) bond motifs is 1. The molecule has 4 aromatic rings. The average molecular weight is 397 g/mol. The van der Waals surface area contributed by atoms with Gasteiger partial charge in [-0.25, -0.2) is 9.50 Å². The lowest BCUT2D eigenvalue weighted by Crippen LogP contribution is -2.14. The van der Waals surface area contributed by atoms with E-state index in [1.807, 2.05) is 103 Å². The van der Waals surface area contributed by atoms with E-state index in [9.17, 15) is 4.79 Å². The lowest BCUT2D eigenvalue weighted by atomic mass is 10.1. The van der Waals surface area contributed by atoms with Gasteiger partial charge in [-0.3, -0.25) is 4.79 Å². The van der Waals surface area contributed by atoms with Gasteiger partial charge in [-0.15, -0.1) is 0 Å². The van der Waals surface area contributed by atoms with Gasteiger partial charge in [0.25, 0.3) is 5.91 Å². The Morgan fingerprint density at radius 3 is 2.70 bits per heavy atom. The van der Waals surface area contributed by atoms with Crippen LogP contribution in [0.4, 0.5) is 11.4 Å². The quantitative estimate of drug-likeness (QED) is 0.528. The van der Waals surface area contributed by atoms with Gasteiger partial charge in [-0.1, -0.05) is 24.3 Å². The highest BCUT2D eigenvalue weighted by Gasteiger charge is 2.11. The van der Waals surface area contributed by atoms with Crippen molar-refractivity contribution in [1.29, 1.82) is 0 Å². The number of nitrogens with zero attached hydrogens (tertiary/aromatic N) is 4. The van der Waals surface area contributed by atoms with Crippen LogP contribution < -0.4 is 10.2 Å². The number of anilines is 2. The van der Waals surface area contributed by atoms with Crippen molar-refractivity contribution in [2.24, 2.45) is 0 Å². The Bertz CT molecular complexity index is 1240. The van der Waals surface area contributed by atoms with E-state index >= 15 is 0 Å². The van der Waals surface area contributed by atoms with Crippen LogP contribution in [-0.4, -0.2) is 34.6 Å². The molecule has 4 rings (SSSR count). The Morgan fingerprint density at radius 2 is 1.90 bits per heavy atom. The fourth-order valence-corrected chi connectivity index (χ4v) is 3.27. The summed E-state index contributed by atoms with van der Waals surface area (Å²) in [5, 5.41) is 7.61. The summed E-state index contributed by atoms with van der Waals surface area (Å²) in [5.41, 5.74) is 5.78. The number of hydrogen-bond donors (Lipinski definition) is 1. The number of aromatic nitrogens is 3. The summed E-state index contributed by atoms with van der Waals surface area (Å²) in [5.74, 6) is -0.148. The van der Waals surface area contributed by atoms with Gasteiger partial charge in [-0.05, 0) is 49.4 Å². The van der Waals surface area contributed by atoms with E-state index in [0.717, 1.165) is 34.0 Å². The van der Waals surface area contributed by atoms with Crippen LogP contribution in [-0.2, 0) is 0 Å². The van der Waals surface area contributed by atoms with Crippen molar-refractivity contribution in [3.8, 4) is 11.3 Å². The Kier molecular flexibility index (Phi) is 5.30. The minimum absolute atomic E-state index is 0.148. The van der Waals surface area contributed by atoms with Crippen molar-refractivity contribution in [3.63, 3.8) is 0 Å². The Morgan fingerprint density at radius 1 is 1.07 bits per heavy atom. The first-order valence-corrected chi connectivity index (χ1v) is 9.72. The lowest BCUT2D eigenvalue weighted by molar-refractivity contribution is 0.102. The second-order valence-corrected chi connectivity index (χ2v) is 7.15. The first-order valence-electron chi connectivity index (χ1n) is 9.72. The molecule has 0 bridgehead atoms. The molecule has 1 amide bonds. The van der Waals surface area contributed by atoms with Crippen molar-refractivity contribution in [3.05, 3.63) is 84.2 Å². The second kappa shape index (κ2) is 8.21. The van der Waals surface area contributed by atoms with Crippen LogP contribution >= 0.6 is 0 Å². The molecule has 0 radical (unpaired) electrons. The van der Waals surface area contributed by atoms with Crippen molar-refractivity contribution in [2.45, 2.75) is 6.92 Å². The number of hydrogen-bond acceptors (Lipinski definition) is 4. The van der Waals surface area contributed by atoms with Crippen LogP contribution in [0.3, 0.4) is 0 Å². The highest BCUT2D eigenvalue weighted by molar-refractivity contribution is 6.05. The zero-order valence-corrected chi connectivity index (χ0v) is 17.2. The maximum Gasteiger partial charge on any atom is 0.255 e. The zero-order valence-electron chi connectivity index (χ0n) is 17.2. The molecule has 6 heteroatoms. The molecule has 0 aliphatic heterocycles. The third-order valence-corrected chi connectivity index (χ3v) is 4.76. The van der Waals surface area contributed by atoms with Gasteiger partial charge in [0.1, 0.15) is 0 Å². The number of rotatable bonds is 5. The Labute approximate surface area is 175 Å². The molecule has 6 nitrogen and oxygen atoms in total. The molecule has 0 aliphatic carbocycles. The van der Waals surface area contributed by atoms with Crippen molar-refractivity contribution in [2.75, 3.05) is 24.3 Å². The standard InChI is InChI=1S/C24H23N5O/c1-4-7-20-16-23-25-13-12-22(29(23)27-20)17-8-5-10-19(14-17)26-24(30)18-9-6-11-21(15-18)28(2)3/h4-16H,1-3H3,(H,26,30)/b7-4+. The summed E-state index contributed by atoms with van der Waals surface area (Å²) in [6.07, 6.45) is 5.66. The summed E-state index contributed by atoms with van der Waals surface area (Å²) in [6.45, 7) is 1.96. The Balaban J connectivity index is 1.64. The maximum atomic E-state index is 12.8. The number of allylic oxidation sites excluding steroid dienone is 1. The normalized spacial score (nSPS) is 11.2. The molecular weight excluding hydrogens is 374 g/mol. The van der Waals surface area contributed by atoms with Crippen LogP contribution in [0.5, 0.6) is 0 Å². The first-order chi connectivity index (χ1) is 14.5. The van der Waals surface area contributed by atoms with Crippen LogP contribution in [0.25, 0.3) is 23.0 Å². The van der Waals surface area contributed by atoms with Crippen LogP contribution in [0.2, 0.25) is 0 Å². The summed E-state index contributed by atoms with van der Waals surface area (Å²) >= 11 is 0. The van der Waals surface area contributed by atoms with Gasteiger partial charge in [0.2, 0.25) is 0 Å². The third kappa shape index (κ3) is 3.93. The summed E-state index contributed by atoms with van der Waals surface area (Å²) in [7, 11) is 3.90. The Hall–Kier alpha value is -3.93. The van der Waals surface area contributed by atoms with E-state index in [0.29, 0.717) is 5.56 Å². The van der Waals surface area contributed by atoms with E-state index in [2.05, 4.69) is 15.4 Å². The smallest absolute Gasteiger partial charge is 0.255 e. The van der Waals surface area contributed by atoms with Gasteiger partial charge in [-0.2, -0.15) is 5.10 Å². The lowest BCUT2D eigenvalue weighted by Gasteiger charge is -2.14. The second-order valence-electron chi connectivity index (χ2n) is 7.15. The molecule has 0 saturated heterocycles. The van der Waals surface area contributed by atoms with E-state index in [4.69, 9.17) is 0 Å². The number of amides is 1. The number of carbonyl (C=O) groups is 1. The van der Waals surface area contributed by atoms with Crippen LogP contribution in [0, 0.1) is 0 Å². The van der Waals surface area contributed by atoms with E-state index in [-0.39, 0.29) is 5.91 Å². The monoisotopic (exact) mass is 397 g/mol.